The van der Waals surface area contributed by atoms with Gasteiger partial charge in [0.15, 0.2) is 0 Å². The molecule has 0 amide bonds. The largest absolute Gasteiger partial charge is 0.256 e. The Hall–Kier alpha value is -2.19. The molecule has 4 rings (SSSR count). The lowest BCUT2D eigenvalue weighted by atomic mass is 10.0. The Bertz CT molecular complexity index is 907. The van der Waals surface area contributed by atoms with Crippen LogP contribution in [-0.4, -0.2) is 4.98 Å². The maximum absolute atomic E-state index is 4.50. The first-order chi connectivity index (χ1) is 9.84. The molecule has 1 nitrogen and oxygen atoms in total. The highest BCUT2D eigenvalue weighted by Crippen LogP contribution is 2.40. The van der Waals surface area contributed by atoms with Crippen molar-refractivity contribution in [2.45, 2.75) is 6.92 Å². The Labute approximate surface area is 121 Å². The van der Waals surface area contributed by atoms with Gasteiger partial charge in [-0.25, -0.2) is 0 Å². The fraction of sp³-hybridized carbons (Fsp3) is 0.0556. The second-order valence-electron chi connectivity index (χ2n) is 4.95. The molecule has 0 aliphatic heterocycles. The van der Waals surface area contributed by atoms with E-state index in [-0.39, 0.29) is 0 Å². The number of rotatable bonds is 1. The molecule has 2 heteroatoms. The van der Waals surface area contributed by atoms with E-state index in [0.717, 1.165) is 5.69 Å². The number of hydrogen-bond donors (Lipinski definition) is 0. The van der Waals surface area contributed by atoms with Gasteiger partial charge in [-0.15, -0.1) is 11.3 Å². The summed E-state index contributed by atoms with van der Waals surface area (Å²) in [4.78, 5) is 4.50. The third-order valence-electron chi connectivity index (χ3n) is 3.67. The minimum Gasteiger partial charge on any atom is -0.256 e. The molecule has 0 atom stereocenters. The first-order valence-corrected chi connectivity index (χ1v) is 7.48. The van der Waals surface area contributed by atoms with Crippen LogP contribution in [0.2, 0.25) is 0 Å². The molecule has 2 heterocycles. The van der Waals surface area contributed by atoms with Gasteiger partial charge in [0.25, 0.3) is 0 Å². The fourth-order valence-electron chi connectivity index (χ4n) is 2.75. The van der Waals surface area contributed by atoms with Gasteiger partial charge in [-0.2, -0.15) is 0 Å². The molecule has 0 spiro atoms. The van der Waals surface area contributed by atoms with Crippen LogP contribution in [0.5, 0.6) is 0 Å². The lowest BCUT2D eigenvalue weighted by Gasteiger charge is -2.02. The molecule has 0 aliphatic carbocycles. The lowest BCUT2D eigenvalue weighted by molar-refractivity contribution is 1.33. The number of hydrogen-bond acceptors (Lipinski definition) is 2. The monoisotopic (exact) mass is 275 g/mol. The lowest BCUT2D eigenvalue weighted by Crippen LogP contribution is -1.81. The van der Waals surface area contributed by atoms with Crippen molar-refractivity contribution in [1.82, 2.24) is 4.98 Å². The van der Waals surface area contributed by atoms with E-state index in [1.165, 1.54) is 31.3 Å². The van der Waals surface area contributed by atoms with Gasteiger partial charge in [0.05, 0.1) is 5.69 Å². The molecular weight excluding hydrogens is 262 g/mol. The van der Waals surface area contributed by atoms with Gasteiger partial charge >= 0.3 is 0 Å². The first-order valence-electron chi connectivity index (χ1n) is 6.67. The predicted molar refractivity (Wildman–Crippen MR) is 87.3 cm³/mol. The molecule has 0 saturated heterocycles. The Balaban J connectivity index is 2.14. The molecule has 0 fully saturated rings. The van der Waals surface area contributed by atoms with Crippen molar-refractivity contribution in [2.75, 3.05) is 0 Å². The summed E-state index contributed by atoms with van der Waals surface area (Å²) in [6.07, 6.45) is 1.85. The van der Waals surface area contributed by atoms with Crippen molar-refractivity contribution in [1.29, 1.82) is 0 Å². The van der Waals surface area contributed by atoms with Crippen LogP contribution < -0.4 is 0 Å². The smallest absolute Gasteiger partial charge is 0.0716 e. The molecule has 0 radical (unpaired) electrons. The van der Waals surface area contributed by atoms with Crippen LogP contribution in [0.25, 0.3) is 31.4 Å². The number of aryl methyl sites for hydroxylation is 1. The molecule has 0 saturated carbocycles. The van der Waals surface area contributed by atoms with Crippen LogP contribution in [0.15, 0.2) is 60.8 Å². The van der Waals surface area contributed by atoms with Crippen molar-refractivity contribution in [3.63, 3.8) is 0 Å². The Morgan fingerprint density at radius 2 is 1.80 bits per heavy atom. The third-order valence-corrected chi connectivity index (χ3v) is 4.88. The number of aromatic nitrogens is 1. The second kappa shape index (κ2) is 4.43. The van der Waals surface area contributed by atoms with Crippen LogP contribution in [0.1, 0.15) is 5.56 Å². The van der Waals surface area contributed by atoms with E-state index in [2.05, 4.69) is 54.4 Å². The number of pyridine rings is 1. The minimum absolute atomic E-state index is 1.04. The third kappa shape index (κ3) is 1.65. The van der Waals surface area contributed by atoms with Crippen LogP contribution >= 0.6 is 11.3 Å². The maximum Gasteiger partial charge on any atom is 0.0716 e. The van der Waals surface area contributed by atoms with Crippen LogP contribution in [0, 0.1) is 6.92 Å². The highest BCUT2D eigenvalue weighted by molar-refractivity contribution is 7.26. The zero-order chi connectivity index (χ0) is 13.5. The summed E-state index contributed by atoms with van der Waals surface area (Å²) >= 11 is 1.86. The first kappa shape index (κ1) is 11.6. The van der Waals surface area contributed by atoms with E-state index in [9.17, 15) is 0 Å². The molecule has 2 aromatic carbocycles. The Morgan fingerprint density at radius 3 is 2.65 bits per heavy atom. The quantitative estimate of drug-likeness (QED) is 0.451. The van der Waals surface area contributed by atoms with Crippen LogP contribution in [-0.2, 0) is 0 Å². The maximum atomic E-state index is 4.50. The number of fused-ring (bicyclic) bond motifs is 3. The van der Waals surface area contributed by atoms with Crippen LogP contribution in [0.4, 0.5) is 0 Å². The summed E-state index contributed by atoms with van der Waals surface area (Å²) in [6.45, 7) is 2.18. The number of thiophene rings is 1. The van der Waals surface area contributed by atoms with Crippen molar-refractivity contribution in [2.24, 2.45) is 0 Å². The molecule has 0 bridgehead atoms. The summed E-state index contributed by atoms with van der Waals surface area (Å²) < 4.78 is 2.68. The van der Waals surface area contributed by atoms with E-state index in [1.54, 1.807) is 0 Å². The van der Waals surface area contributed by atoms with Gasteiger partial charge in [-0.3, -0.25) is 4.98 Å². The number of benzene rings is 2. The normalized spacial score (nSPS) is 11.2. The summed E-state index contributed by atoms with van der Waals surface area (Å²) in [6, 6.07) is 19.1. The Morgan fingerprint density at radius 1 is 0.900 bits per heavy atom. The predicted octanol–water partition coefficient (Wildman–Crippen LogP) is 5.42. The summed E-state index contributed by atoms with van der Waals surface area (Å²) in [7, 11) is 0. The molecule has 96 valence electrons. The topological polar surface area (TPSA) is 12.9 Å². The van der Waals surface area contributed by atoms with Gasteiger partial charge < -0.3 is 0 Å². The van der Waals surface area contributed by atoms with Crippen molar-refractivity contribution >= 4 is 31.5 Å². The second-order valence-corrected chi connectivity index (χ2v) is 6.00. The van der Waals surface area contributed by atoms with E-state index >= 15 is 0 Å². The number of nitrogens with zero attached hydrogens (tertiary/aromatic N) is 1. The zero-order valence-electron chi connectivity index (χ0n) is 11.1. The summed E-state index contributed by atoms with van der Waals surface area (Å²) in [5.74, 6) is 0. The standard InChI is InChI=1S/C18H13NS/c1-12-6-4-10-16-17(12)14-8-5-7-13(18(14)20-16)15-9-2-3-11-19-15/h2-11H,1H3. The average molecular weight is 275 g/mol. The van der Waals surface area contributed by atoms with E-state index < -0.39 is 0 Å². The molecule has 20 heavy (non-hydrogen) atoms. The zero-order valence-corrected chi connectivity index (χ0v) is 11.9. The summed E-state index contributed by atoms with van der Waals surface area (Å²) in [5, 5.41) is 2.72. The van der Waals surface area contributed by atoms with E-state index in [1.807, 2.05) is 29.7 Å². The SMILES string of the molecule is Cc1cccc2sc3c(-c4ccccn4)cccc3c12. The van der Waals surface area contributed by atoms with Crippen molar-refractivity contribution in [3.05, 3.63) is 66.4 Å². The fourth-order valence-corrected chi connectivity index (χ4v) is 4.05. The molecule has 0 N–H and O–H groups in total. The molecule has 2 aromatic heterocycles. The van der Waals surface area contributed by atoms with Crippen LogP contribution in [0.3, 0.4) is 0 Å². The van der Waals surface area contributed by atoms with E-state index in [4.69, 9.17) is 0 Å². The Kier molecular flexibility index (Phi) is 2.57. The van der Waals surface area contributed by atoms with Gasteiger partial charge in [-0.05, 0) is 30.7 Å². The van der Waals surface area contributed by atoms with Crippen molar-refractivity contribution < 1.29 is 0 Å². The van der Waals surface area contributed by atoms with Gasteiger partial charge in [-0.1, -0.05) is 36.4 Å². The highest BCUT2D eigenvalue weighted by atomic mass is 32.1. The van der Waals surface area contributed by atoms with E-state index in [0.29, 0.717) is 0 Å². The van der Waals surface area contributed by atoms with Gasteiger partial charge in [0.2, 0.25) is 0 Å². The van der Waals surface area contributed by atoms with Crippen molar-refractivity contribution in [3.8, 4) is 11.3 Å². The van der Waals surface area contributed by atoms with Gasteiger partial charge in [0, 0.05) is 31.9 Å². The molecule has 0 unspecified atom stereocenters. The van der Waals surface area contributed by atoms with Gasteiger partial charge in [0.1, 0.15) is 0 Å². The molecule has 0 aliphatic rings. The average Bonchev–Trinajstić information content (AvgIpc) is 2.88. The minimum atomic E-state index is 1.04. The summed E-state index contributed by atoms with van der Waals surface area (Å²) in [5.41, 5.74) is 3.61. The molecule has 4 aromatic rings. The highest BCUT2D eigenvalue weighted by Gasteiger charge is 2.11. The molecular formula is C18H13NS.